The normalized spacial score (nSPS) is 20.9. The van der Waals surface area contributed by atoms with Crippen molar-refractivity contribution in [1.82, 2.24) is 19.1 Å². The van der Waals surface area contributed by atoms with Gasteiger partial charge in [-0.25, -0.2) is 9.31 Å². The smallest absolute Gasteiger partial charge is 0.410 e. The maximum Gasteiger partial charge on any atom is 0.410 e. The van der Waals surface area contributed by atoms with E-state index in [1.165, 1.54) is 4.57 Å². The number of aryl methyl sites for hydroxylation is 1. The van der Waals surface area contributed by atoms with Crippen molar-refractivity contribution in [2.24, 2.45) is 7.05 Å². The van der Waals surface area contributed by atoms with Crippen LogP contribution in [0.4, 0.5) is 4.79 Å². The molecule has 3 rings (SSSR count). The van der Waals surface area contributed by atoms with E-state index in [0.29, 0.717) is 17.9 Å². The Kier molecular flexibility index (Phi) is 5.03. The van der Waals surface area contributed by atoms with Gasteiger partial charge in [-0.15, -0.1) is 0 Å². The van der Waals surface area contributed by atoms with Crippen LogP contribution in [0.2, 0.25) is 0 Å². The van der Waals surface area contributed by atoms with Gasteiger partial charge in [-0.1, -0.05) is 0 Å². The molecule has 0 spiro atoms. The molecule has 1 unspecified atom stereocenters. The molecule has 1 N–H and O–H groups in total. The number of nitrogens with zero attached hydrogens (tertiary/aromatic N) is 4. The summed E-state index contributed by atoms with van der Waals surface area (Å²) in [5, 5.41) is 13.8. The van der Waals surface area contributed by atoms with Crippen LogP contribution in [-0.2, 0) is 18.4 Å². The fourth-order valence-corrected chi connectivity index (χ4v) is 3.65. The Balaban J connectivity index is 1.87. The van der Waals surface area contributed by atoms with Gasteiger partial charge in [-0.05, 0) is 40.5 Å². The molecule has 148 valence electrons. The Bertz CT molecular complexity index is 909. The Morgan fingerprint density at radius 2 is 2.07 bits per heavy atom. The van der Waals surface area contributed by atoms with Gasteiger partial charge < -0.3 is 14.7 Å². The van der Waals surface area contributed by atoms with Crippen molar-refractivity contribution in [3.05, 3.63) is 33.9 Å². The summed E-state index contributed by atoms with van der Waals surface area (Å²) in [5.41, 5.74) is 1.37. The number of piperidine rings is 1. The highest BCUT2D eigenvalue weighted by Crippen LogP contribution is 2.32. The van der Waals surface area contributed by atoms with Crippen LogP contribution >= 0.6 is 0 Å². The molecule has 0 radical (unpaired) electrons. The predicted octanol–water partition coefficient (Wildman–Crippen LogP) is 2.03. The number of rotatable bonds is 2. The Morgan fingerprint density at radius 1 is 1.37 bits per heavy atom. The number of hydrogen-bond donors (Lipinski definition) is 1. The molecule has 1 aliphatic rings. The summed E-state index contributed by atoms with van der Waals surface area (Å²) in [7, 11) is 1.69. The summed E-state index contributed by atoms with van der Waals surface area (Å²) >= 11 is 0. The molecule has 0 aromatic carbocycles. The summed E-state index contributed by atoms with van der Waals surface area (Å²) in [4.78, 5) is 26.6. The fourth-order valence-electron chi connectivity index (χ4n) is 3.65. The van der Waals surface area contributed by atoms with Gasteiger partial charge in [0.2, 0.25) is 0 Å². The largest absolute Gasteiger partial charge is 0.444 e. The number of carbonyl (C=O) groups is 1. The van der Waals surface area contributed by atoms with Gasteiger partial charge in [0, 0.05) is 37.7 Å². The molecule has 0 saturated carbocycles. The number of hydrogen-bond acceptors (Lipinski definition) is 5. The van der Waals surface area contributed by atoms with E-state index >= 15 is 0 Å². The average molecular weight is 376 g/mol. The van der Waals surface area contributed by atoms with E-state index in [4.69, 9.17) is 4.74 Å². The van der Waals surface area contributed by atoms with Crippen molar-refractivity contribution < 1.29 is 14.6 Å². The molecule has 2 aromatic heterocycles. The van der Waals surface area contributed by atoms with Crippen LogP contribution in [0.15, 0.2) is 16.9 Å². The highest BCUT2D eigenvalue weighted by Gasteiger charge is 2.33. The summed E-state index contributed by atoms with van der Waals surface area (Å²) < 4.78 is 8.77. The van der Waals surface area contributed by atoms with Gasteiger partial charge in [0.1, 0.15) is 11.2 Å². The van der Waals surface area contributed by atoms with Crippen LogP contribution in [0.25, 0.3) is 5.65 Å². The van der Waals surface area contributed by atoms with Gasteiger partial charge in [-0.3, -0.25) is 9.36 Å². The van der Waals surface area contributed by atoms with Crippen molar-refractivity contribution in [3.63, 3.8) is 0 Å². The van der Waals surface area contributed by atoms with E-state index in [0.717, 1.165) is 18.5 Å². The summed E-state index contributed by atoms with van der Waals surface area (Å²) in [6, 6.07) is 3.33. The number of amides is 1. The molecule has 3 heterocycles. The van der Waals surface area contributed by atoms with Crippen molar-refractivity contribution in [1.29, 1.82) is 0 Å². The van der Waals surface area contributed by atoms with Crippen molar-refractivity contribution in [3.8, 4) is 0 Å². The number of ether oxygens (including phenoxy) is 1. The maximum atomic E-state index is 12.4. The van der Waals surface area contributed by atoms with E-state index in [1.54, 1.807) is 28.6 Å². The first-order valence-corrected chi connectivity index (χ1v) is 9.30. The lowest BCUT2D eigenvalue weighted by Crippen LogP contribution is -2.46. The van der Waals surface area contributed by atoms with Gasteiger partial charge in [0.25, 0.3) is 5.56 Å². The second-order valence-electron chi connectivity index (χ2n) is 8.27. The third-order valence-electron chi connectivity index (χ3n) is 5.02. The van der Waals surface area contributed by atoms with Crippen LogP contribution in [0.5, 0.6) is 0 Å². The minimum Gasteiger partial charge on any atom is -0.444 e. The third kappa shape index (κ3) is 3.85. The molecule has 1 amide bonds. The molecule has 27 heavy (non-hydrogen) atoms. The fraction of sp³-hybridized carbons (Fsp3) is 0.632. The molecule has 1 fully saturated rings. The van der Waals surface area contributed by atoms with E-state index in [-0.39, 0.29) is 30.2 Å². The van der Waals surface area contributed by atoms with Crippen LogP contribution in [0.3, 0.4) is 0 Å². The zero-order valence-corrected chi connectivity index (χ0v) is 16.6. The zero-order valence-electron chi connectivity index (χ0n) is 16.6. The molecule has 8 heteroatoms. The highest BCUT2D eigenvalue weighted by molar-refractivity contribution is 5.68. The number of likely N-dealkylation sites (tertiary alicyclic amines) is 1. The van der Waals surface area contributed by atoms with Crippen LogP contribution in [-0.4, -0.2) is 48.5 Å². The van der Waals surface area contributed by atoms with E-state index in [2.05, 4.69) is 5.10 Å². The molecular weight excluding hydrogens is 348 g/mol. The van der Waals surface area contributed by atoms with E-state index < -0.39 is 5.60 Å². The van der Waals surface area contributed by atoms with E-state index in [9.17, 15) is 14.7 Å². The van der Waals surface area contributed by atoms with Crippen molar-refractivity contribution >= 4 is 11.7 Å². The number of aromatic nitrogens is 3. The Labute approximate surface area is 158 Å². The second kappa shape index (κ2) is 6.99. The molecule has 0 bridgehead atoms. The second-order valence-corrected chi connectivity index (χ2v) is 8.27. The minimum atomic E-state index is -0.527. The molecule has 1 saturated heterocycles. The van der Waals surface area contributed by atoms with Crippen molar-refractivity contribution in [2.75, 3.05) is 6.54 Å². The number of aliphatic hydroxyl groups excluding tert-OH is 1. The van der Waals surface area contributed by atoms with Gasteiger partial charge >= 0.3 is 6.09 Å². The molecule has 2 atom stereocenters. The minimum absolute atomic E-state index is 0.00872. The summed E-state index contributed by atoms with van der Waals surface area (Å²) in [6.45, 7) is 7.95. The highest BCUT2D eigenvalue weighted by atomic mass is 16.6. The first-order chi connectivity index (χ1) is 12.6. The third-order valence-corrected chi connectivity index (χ3v) is 5.02. The van der Waals surface area contributed by atoms with Gasteiger partial charge in [0.05, 0.1) is 18.0 Å². The summed E-state index contributed by atoms with van der Waals surface area (Å²) in [5.74, 6) is 0.0986. The topological polar surface area (TPSA) is 89.1 Å². The monoisotopic (exact) mass is 376 g/mol. The first kappa shape index (κ1) is 19.4. The molecule has 0 aliphatic carbocycles. The van der Waals surface area contributed by atoms with Crippen molar-refractivity contribution in [2.45, 2.75) is 64.7 Å². The lowest BCUT2D eigenvalue weighted by atomic mass is 9.89. The van der Waals surface area contributed by atoms with Crippen LogP contribution in [0.1, 0.15) is 57.8 Å². The summed E-state index contributed by atoms with van der Waals surface area (Å²) in [6.07, 6.45) is 1.14. The molecule has 2 aromatic rings. The molecular formula is C19H28N4O4. The Hall–Kier alpha value is -2.35. The predicted molar refractivity (Wildman–Crippen MR) is 101 cm³/mol. The Morgan fingerprint density at radius 3 is 2.67 bits per heavy atom. The van der Waals surface area contributed by atoms with E-state index in [1.807, 2.05) is 27.7 Å². The number of carbonyl (C=O) groups excluding carboxylic acids is 1. The van der Waals surface area contributed by atoms with Gasteiger partial charge in [0.15, 0.2) is 0 Å². The SMILES string of the molecule is C[C@H]1CC(c2cc(=O)n(C)c3cc(CO)nn23)CCN1C(=O)OC(C)(C)C. The lowest BCUT2D eigenvalue weighted by Gasteiger charge is -2.38. The van der Waals surface area contributed by atoms with Crippen LogP contribution in [0, 0.1) is 0 Å². The number of fused-ring (bicyclic) bond motifs is 1. The molecule has 8 nitrogen and oxygen atoms in total. The zero-order chi connectivity index (χ0) is 19.9. The first-order valence-electron chi connectivity index (χ1n) is 9.30. The lowest BCUT2D eigenvalue weighted by molar-refractivity contribution is 0.0102. The molecule has 1 aliphatic heterocycles. The average Bonchev–Trinajstić information content (AvgIpc) is 3.01. The van der Waals surface area contributed by atoms with Crippen LogP contribution < -0.4 is 5.56 Å². The number of aliphatic hydroxyl groups is 1. The standard InChI is InChI=1S/C19H28N4O4/c1-12-8-13(6-7-22(12)18(26)27-19(2,3)4)15-10-17(25)21(5)16-9-14(11-24)20-23(15)16/h9-10,12-13,24H,6-8,11H2,1-5H3/t12-,13?/m0/s1. The van der Waals surface area contributed by atoms with Gasteiger partial charge in [-0.2, -0.15) is 5.10 Å². The quantitative estimate of drug-likeness (QED) is 0.866. The maximum absolute atomic E-state index is 12.4.